The van der Waals surface area contributed by atoms with Gasteiger partial charge in [0.1, 0.15) is 0 Å². The molecule has 74 valence electrons. The first-order valence-electron chi connectivity index (χ1n) is 5.20. The molecule has 2 fully saturated rings. The number of carbonyl (C=O) groups excluding carboxylic acids is 1. The summed E-state index contributed by atoms with van der Waals surface area (Å²) in [6.45, 7) is 0.791. The van der Waals surface area contributed by atoms with Gasteiger partial charge in [-0.05, 0) is 25.7 Å². The Bertz CT molecular complexity index is 209. The van der Waals surface area contributed by atoms with Gasteiger partial charge in [-0.2, -0.15) is 0 Å². The number of hydrogen-bond acceptors (Lipinski definition) is 2. The van der Waals surface area contributed by atoms with Crippen LogP contribution in [0.4, 0.5) is 0 Å². The Balaban J connectivity index is 1.92. The van der Waals surface area contributed by atoms with Crippen molar-refractivity contribution in [2.24, 2.45) is 5.92 Å². The Morgan fingerprint density at radius 2 is 2.15 bits per heavy atom. The molecule has 1 saturated heterocycles. The van der Waals surface area contributed by atoms with E-state index >= 15 is 0 Å². The van der Waals surface area contributed by atoms with E-state index in [9.17, 15) is 9.90 Å². The van der Waals surface area contributed by atoms with Crippen LogP contribution < -0.4 is 5.32 Å². The maximum atomic E-state index is 11.3. The predicted molar refractivity (Wildman–Crippen MR) is 49.2 cm³/mol. The number of rotatable bonds is 2. The summed E-state index contributed by atoms with van der Waals surface area (Å²) in [5.74, 6) is 0.212. The van der Waals surface area contributed by atoms with Crippen molar-refractivity contribution in [2.45, 2.75) is 44.1 Å². The molecule has 1 amide bonds. The zero-order valence-corrected chi connectivity index (χ0v) is 7.88. The lowest BCUT2D eigenvalue weighted by Gasteiger charge is -2.24. The SMILES string of the molecule is O=C1NCCC1CC1(O)CCCC1. The minimum absolute atomic E-state index is 0.0723. The first-order valence-corrected chi connectivity index (χ1v) is 5.20. The van der Waals surface area contributed by atoms with E-state index in [1.54, 1.807) is 0 Å². The van der Waals surface area contributed by atoms with E-state index in [1.807, 2.05) is 0 Å². The number of carbonyl (C=O) groups is 1. The van der Waals surface area contributed by atoms with Crippen molar-refractivity contribution in [1.82, 2.24) is 5.32 Å². The molecule has 13 heavy (non-hydrogen) atoms. The second-order valence-electron chi connectivity index (χ2n) is 4.41. The normalized spacial score (nSPS) is 32.1. The molecule has 1 aliphatic heterocycles. The van der Waals surface area contributed by atoms with Gasteiger partial charge in [0, 0.05) is 12.5 Å². The molecule has 1 atom stereocenters. The van der Waals surface area contributed by atoms with Crippen LogP contribution in [0.2, 0.25) is 0 Å². The number of hydrogen-bond donors (Lipinski definition) is 2. The van der Waals surface area contributed by atoms with Gasteiger partial charge in [-0.1, -0.05) is 12.8 Å². The summed E-state index contributed by atoms with van der Waals surface area (Å²) in [6.07, 6.45) is 5.59. The molecule has 2 rings (SSSR count). The Morgan fingerprint density at radius 1 is 1.46 bits per heavy atom. The Labute approximate surface area is 78.5 Å². The van der Waals surface area contributed by atoms with Crippen LogP contribution in [0.25, 0.3) is 0 Å². The average Bonchev–Trinajstić information content (AvgIpc) is 2.64. The summed E-state index contributed by atoms with van der Waals surface area (Å²) < 4.78 is 0. The van der Waals surface area contributed by atoms with E-state index < -0.39 is 5.60 Å². The van der Waals surface area contributed by atoms with E-state index in [2.05, 4.69) is 5.32 Å². The molecule has 1 unspecified atom stereocenters. The smallest absolute Gasteiger partial charge is 0.223 e. The first kappa shape index (κ1) is 9.00. The van der Waals surface area contributed by atoms with Crippen molar-refractivity contribution in [3.63, 3.8) is 0 Å². The standard InChI is InChI=1S/C10H17NO2/c12-9-8(3-6-11-9)7-10(13)4-1-2-5-10/h8,13H,1-7H2,(H,11,12). The largest absolute Gasteiger partial charge is 0.390 e. The fourth-order valence-corrected chi connectivity index (χ4v) is 2.54. The molecule has 2 N–H and O–H groups in total. The monoisotopic (exact) mass is 183 g/mol. The maximum absolute atomic E-state index is 11.3. The van der Waals surface area contributed by atoms with E-state index in [4.69, 9.17) is 0 Å². The van der Waals surface area contributed by atoms with E-state index in [0.29, 0.717) is 6.42 Å². The third-order valence-electron chi connectivity index (χ3n) is 3.32. The molecule has 2 aliphatic rings. The summed E-state index contributed by atoms with van der Waals surface area (Å²) in [5, 5.41) is 12.9. The van der Waals surface area contributed by atoms with Crippen molar-refractivity contribution in [1.29, 1.82) is 0 Å². The minimum Gasteiger partial charge on any atom is -0.390 e. The van der Waals surface area contributed by atoms with Gasteiger partial charge in [0.2, 0.25) is 5.91 Å². The fourth-order valence-electron chi connectivity index (χ4n) is 2.54. The molecule has 0 radical (unpaired) electrons. The zero-order valence-electron chi connectivity index (χ0n) is 7.88. The first-order chi connectivity index (χ1) is 6.20. The van der Waals surface area contributed by atoms with Crippen molar-refractivity contribution in [2.75, 3.05) is 6.54 Å². The Hall–Kier alpha value is -0.570. The third-order valence-corrected chi connectivity index (χ3v) is 3.32. The quantitative estimate of drug-likeness (QED) is 0.666. The predicted octanol–water partition coefficient (Wildman–Crippen LogP) is 0.818. The second-order valence-corrected chi connectivity index (χ2v) is 4.41. The molecule has 0 bridgehead atoms. The molecule has 3 nitrogen and oxygen atoms in total. The Morgan fingerprint density at radius 3 is 2.69 bits per heavy atom. The summed E-state index contributed by atoms with van der Waals surface area (Å²) in [7, 11) is 0. The summed E-state index contributed by atoms with van der Waals surface area (Å²) in [6, 6.07) is 0. The van der Waals surface area contributed by atoms with E-state index in [-0.39, 0.29) is 11.8 Å². The Kier molecular flexibility index (Phi) is 2.28. The molecular weight excluding hydrogens is 166 g/mol. The molecule has 1 saturated carbocycles. The summed E-state index contributed by atoms with van der Waals surface area (Å²) >= 11 is 0. The van der Waals surface area contributed by atoms with E-state index in [1.165, 1.54) is 0 Å². The van der Waals surface area contributed by atoms with Crippen LogP contribution in [-0.2, 0) is 4.79 Å². The van der Waals surface area contributed by atoms with Gasteiger partial charge in [0.15, 0.2) is 0 Å². The zero-order chi connectivity index (χ0) is 9.31. The minimum atomic E-state index is -0.521. The molecule has 0 aromatic rings. The van der Waals surface area contributed by atoms with Crippen LogP contribution in [0, 0.1) is 5.92 Å². The van der Waals surface area contributed by atoms with Gasteiger partial charge in [-0.25, -0.2) is 0 Å². The highest BCUT2D eigenvalue weighted by molar-refractivity contribution is 5.80. The van der Waals surface area contributed by atoms with Gasteiger partial charge in [-0.15, -0.1) is 0 Å². The van der Waals surface area contributed by atoms with E-state index in [0.717, 1.165) is 38.6 Å². The molecule has 1 heterocycles. The number of amides is 1. The summed E-state index contributed by atoms with van der Waals surface area (Å²) in [4.78, 5) is 11.3. The van der Waals surface area contributed by atoms with Gasteiger partial charge in [0.05, 0.1) is 5.60 Å². The van der Waals surface area contributed by atoms with Gasteiger partial charge in [-0.3, -0.25) is 4.79 Å². The van der Waals surface area contributed by atoms with Crippen LogP contribution in [0.15, 0.2) is 0 Å². The van der Waals surface area contributed by atoms with Crippen LogP contribution in [0.3, 0.4) is 0 Å². The van der Waals surface area contributed by atoms with Crippen molar-refractivity contribution < 1.29 is 9.90 Å². The maximum Gasteiger partial charge on any atom is 0.223 e. The third kappa shape index (κ3) is 1.85. The van der Waals surface area contributed by atoms with Gasteiger partial charge in [0.25, 0.3) is 0 Å². The molecular formula is C10H17NO2. The lowest BCUT2D eigenvalue weighted by molar-refractivity contribution is -0.124. The van der Waals surface area contributed by atoms with Gasteiger partial charge >= 0.3 is 0 Å². The molecule has 0 aromatic heterocycles. The molecule has 1 aliphatic carbocycles. The highest BCUT2D eigenvalue weighted by Gasteiger charge is 2.37. The number of nitrogens with one attached hydrogen (secondary N) is 1. The van der Waals surface area contributed by atoms with Crippen LogP contribution in [0.5, 0.6) is 0 Å². The van der Waals surface area contributed by atoms with Crippen LogP contribution in [-0.4, -0.2) is 23.2 Å². The second kappa shape index (κ2) is 3.29. The van der Waals surface area contributed by atoms with Crippen LogP contribution >= 0.6 is 0 Å². The highest BCUT2D eigenvalue weighted by Crippen LogP contribution is 2.36. The molecule has 0 spiro atoms. The van der Waals surface area contributed by atoms with Crippen molar-refractivity contribution in [3.8, 4) is 0 Å². The molecule has 3 heteroatoms. The lowest BCUT2D eigenvalue weighted by Crippen LogP contribution is -2.31. The van der Waals surface area contributed by atoms with Crippen molar-refractivity contribution in [3.05, 3.63) is 0 Å². The molecule has 0 aromatic carbocycles. The summed E-state index contributed by atoms with van der Waals surface area (Å²) in [5.41, 5.74) is -0.521. The number of aliphatic hydroxyl groups is 1. The van der Waals surface area contributed by atoms with Crippen molar-refractivity contribution >= 4 is 5.91 Å². The fraction of sp³-hybridized carbons (Fsp3) is 0.900. The van der Waals surface area contributed by atoms with Crippen LogP contribution in [0.1, 0.15) is 38.5 Å². The topological polar surface area (TPSA) is 49.3 Å². The van der Waals surface area contributed by atoms with Gasteiger partial charge < -0.3 is 10.4 Å². The lowest BCUT2D eigenvalue weighted by atomic mass is 9.88. The highest BCUT2D eigenvalue weighted by atomic mass is 16.3. The average molecular weight is 183 g/mol.